The van der Waals surface area contributed by atoms with E-state index in [1.807, 2.05) is 21.1 Å². The van der Waals surface area contributed by atoms with Gasteiger partial charge in [0, 0.05) is 43.1 Å². The molecular weight excluding hydrogens is 1190 g/mol. The molecule has 3 amide bonds. The van der Waals surface area contributed by atoms with Crippen LogP contribution in [0, 0.1) is 5.92 Å². The molecule has 1 saturated carbocycles. The highest BCUT2D eigenvalue weighted by Gasteiger charge is 2.78. The van der Waals surface area contributed by atoms with Crippen molar-refractivity contribution >= 4 is 43.4 Å². The highest BCUT2D eigenvalue weighted by molar-refractivity contribution is 7.45. The number of rotatable bonds is 28. The standard InChI is InChI=1S/C61H73N4O23P/c1-65(2,3)27-29-84-89(77,78)85-34-35-14-17-38(18-15-35)55(71)62-26-24-46(66)64-42-30-36(16-23-43(42)86-58-52(69)50(67)51(68)53(87-58)56(72)73)33-83-59(75)63-25-10-11-28-82-41-31-44(80-5)49-45(32-41)88-61(39-19-21-40(79-4)22-20-39)48(37-12-8-7-9-13-37)47(57(74)81-6)54(70)60(49,61)76/h7-9,12-23,30-32,47-48,50-54,58,67-70,76H,10-11,24-29,33-34H2,1-6H3,(H4-,62,63,64,66,71,72,73,75,77,78)/t47-,48-,50+,51+,52-,53+,54-,58?,60+,61+/m1/s1. The molecule has 27 nitrogen and oxygen atoms in total. The summed E-state index contributed by atoms with van der Waals surface area (Å²) in [7, 11) is 5.15. The van der Waals surface area contributed by atoms with Crippen LogP contribution in [0.4, 0.5) is 10.5 Å². The number of benzene rings is 5. The summed E-state index contributed by atoms with van der Waals surface area (Å²) >= 11 is 0. The van der Waals surface area contributed by atoms with E-state index >= 15 is 0 Å². The average Bonchev–Trinajstić information content (AvgIpc) is 1.50. The molecule has 480 valence electrons. The lowest BCUT2D eigenvalue weighted by Crippen LogP contribution is -2.61. The summed E-state index contributed by atoms with van der Waals surface area (Å²) in [6, 6.07) is 28.7. The molecule has 2 heterocycles. The van der Waals surface area contributed by atoms with Gasteiger partial charge in [0.25, 0.3) is 13.7 Å². The summed E-state index contributed by atoms with van der Waals surface area (Å²) in [6.45, 7) is -0.228. The first-order valence-corrected chi connectivity index (χ1v) is 29.7. The number of carboxylic acids is 1. The number of hydrogen-bond acceptors (Lipinski definition) is 22. The molecule has 9 N–H and O–H groups in total. The molecule has 28 heteroatoms. The number of ether oxygens (including phenoxy) is 8. The summed E-state index contributed by atoms with van der Waals surface area (Å²) in [6.07, 6.45) is -11.9. The molecule has 5 aromatic carbocycles. The average molecular weight is 1260 g/mol. The predicted molar refractivity (Wildman–Crippen MR) is 310 cm³/mol. The first kappa shape index (κ1) is 67.0. The molecule has 11 atom stereocenters. The molecule has 2 fully saturated rings. The van der Waals surface area contributed by atoms with Crippen LogP contribution in [0.1, 0.15) is 63.4 Å². The zero-order valence-corrected chi connectivity index (χ0v) is 50.5. The zero-order chi connectivity index (χ0) is 64.4. The van der Waals surface area contributed by atoms with Gasteiger partial charge in [0.1, 0.15) is 72.9 Å². The molecule has 0 radical (unpaired) electrons. The fourth-order valence-electron chi connectivity index (χ4n) is 10.8. The summed E-state index contributed by atoms with van der Waals surface area (Å²) in [5, 5.41) is 74.2. The number of nitrogens with one attached hydrogen (secondary N) is 3. The van der Waals surface area contributed by atoms with E-state index in [0.717, 1.165) is 0 Å². The monoisotopic (exact) mass is 1260 g/mol. The molecule has 1 saturated heterocycles. The first-order chi connectivity index (χ1) is 42.3. The Hall–Kier alpha value is -7.92. The maximum Gasteiger partial charge on any atom is 0.407 e. The number of likely N-dealkylation sites (N-methyl/N-ethyl adjacent to an activating group) is 1. The summed E-state index contributed by atoms with van der Waals surface area (Å²) in [4.78, 5) is 77.0. The molecule has 0 aromatic heterocycles. The molecule has 1 aliphatic carbocycles. The molecule has 2 unspecified atom stereocenters. The van der Waals surface area contributed by atoms with E-state index in [1.165, 1.54) is 69.9 Å². The van der Waals surface area contributed by atoms with Gasteiger partial charge < -0.3 is 103 Å². The van der Waals surface area contributed by atoms with Gasteiger partial charge in [-0.15, -0.1) is 0 Å². The maximum atomic E-state index is 13.6. The van der Waals surface area contributed by atoms with Gasteiger partial charge >= 0.3 is 18.0 Å². The van der Waals surface area contributed by atoms with E-state index in [4.69, 9.17) is 46.9 Å². The molecule has 8 rings (SSSR count). The lowest BCUT2D eigenvalue weighted by atomic mass is 9.70. The van der Waals surface area contributed by atoms with Crippen LogP contribution < -0.4 is 44.5 Å². The van der Waals surface area contributed by atoms with E-state index < -0.39 is 97.5 Å². The van der Waals surface area contributed by atoms with E-state index in [0.29, 0.717) is 51.9 Å². The van der Waals surface area contributed by atoms with Crippen LogP contribution in [-0.2, 0) is 66.6 Å². The lowest BCUT2D eigenvalue weighted by molar-refractivity contribution is -0.870. The van der Waals surface area contributed by atoms with Gasteiger partial charge in [0.2, 0.25) is 12.2 Å². The number of carbonyl (C=O) groups excluding carboxylic acids is 4. The largest absolute Gasteiger partial charge is 0.756 e. The molecule has 5 aromatic rings. The summed E-state index contributed by atoms with van der Waals surface area (Å²) in [5.74, 6) is -5.09. The minimum absolute atomic E-state index is 0.0672. The van der Waals surface area contributed by atoms with Crippen LogP contribution >= 0.6 is 7.82 Å². The van der Waals surface area contributed by atoms with Gasteiger partial charge in [0.05, 0.1) is 72.9 Å². The van der Waals surface area contributed by atoms with Crippen molar-refractivity contribution in [3.8, 4) is 28.7 Å². The fraction of sp³-hybridized carbons (Fsp3) is 0.426. The lowest BCUT2D eigenvalue weighted by Gasteiger charge is -2.40. The van der Waals surface area contributed by atoms with Gasteiger partial charge in [-0.1, -0.05) is 60.7 Å². The van der Waals surface area contributed by atoms with Crippen LogP contribution in [0.5, 0.6) is 28.7 Å². The Kier molecular flexibility index (Phi) is 21.6. The maximum absolute atomic E-state index is 13.6. The van der Waals surface area contributed by atoms with Crippen molar-refractivity contribution in [3.63, 3.8) is 0 Å². The van der Waals surface area contributed by atoms with Crippen molar-refractivity contribution in [2.45, 2.75) is 86.4 Å². The Bertz CT molecular complexity index is 3350. The number of methoxy groups -OCH3 is 3. The first-order valence-electron chi connectivity index (χ1n) is 28.3. The van der Waals surface area contributed by atoms with Crippen molar-refractivity contribution in [2.75, 3.05) is 80.6 Å². The molecular formula is C61H73N4O23P. The minimum atomic E-state index is -4.59. The Balaban J connectivity index is 0.865. The number of carbonyl (C=O) groups is 5. The number of unbranched alkanes of at least 4 members (excludes halogenated alkanes) is 1. The molecule has 0 spiro atoms. The Morgan fingerprint density at radius 3 is 2.11 bits per heavy atom. The second-order valence-electron chi connectivity index (χ2n) is 22.3. The highest BCUT2D eigenvalue weighted by atomic mass is 31.2. The van der Waals surface area contributed by atoms with Crippen LogP contribution in [-0.4, -0.2) is 177 Å². The summed E-state index contributed by atoms with van der Waals surface area (Å²) in [5.41, 5.74) is -2.14. The quantitative estimate of drug-likeness (QED) is 0.0150. The number of nitrogens with zero attached hydrogens (tertiary/aromatic N) is 1. The number of hydrogen-bond donors (Lipinski definition) is 9. The smallest absolute Gasteiger partial charge is 0.407 e. The molecule has 89 heavy (non-hydrogen) atoms. The van der Waals surface area contributed by atoms with Crippen LogP contribution in [0.25, 0.3) is 0 Å². The fourth-order valence-corrected chi connectivity index (χ4v) is 11.5. The normalized spacial score (nSPS) is 24.1. The van der Waals surface area contributed by atoms with Crippen molar-refractivity contribution in [2.24, 2.45) is 5.92 Å². The number of amides is 3. The number of quaternary nitrogens is 1. The topological polar surface area (TPSA) is 375 Å². The van der Waals surface area contributed by atoms with E-state index in [9.17, 15) is 64.1 Å². The number of aliphatic hydroxyl groups is 5. The third-order valence-corrected chi connectivity index (χ3v) is 16.2. The van der Waals surface area contributed by atoms with Gasteiger partial charge in [-0.2, -0.15) is 0 Å². The summed E-state index contributed by atoms with van der Waals surface area (Å²) < 4.78 is 68.6. The molecule has 2 aliphatic heterocycles. The van der Waals surface area contributed by atoms with Crippen molar-refractivity contribution in [3.05, 3.63) is 143 Å². The zero-order valence-electron chi connectivity index (χ0n) is 49.6. The van der Waals surface area contributed by atoms with Gasteiger partial charge in [-0.3, -0.25) is 18.9 Å². The predicted octanol–water partition coefficient (Wildman–Crippen LogP) is 2.95. The van der Waals surface area contributed by atoms with Crippen LogP contribution in [0.2, 0.25) is 0 Å². The number of alkyl carbamates (subject to hydrolysis) is 1. The number of phosphoric ester groups is 1. The Morgan fingerprint density at radius 1 is 0.742 bits per heavy atom. The van der Waals surface area contributed by atoms with Crippen molar-refractivity contribution < 1.29 is 115 Å². The van der Waals surface area contributed by atoms with Gasteiger partial charge in [-0.25, -0.2) is 9.59 Å². The second-order valence-corrected chi connectivity index (χ2v) is 23.7. The van der Waals surface area contributed by atoms with E-state index in [1.54, 1.807) is 60.7 Å². The van der Waals surface area contributed by atoms with E-state index in [2.05, 4.69) is 16.0 Å². The SMILES string of the molecule is COC(=O)[C@H]1[C@@H](O)[C@@]2(O)c3c(OC)cc(OCCCCNC(=O)OCc4ccc(OC5O[C@H](C(=O)O)[C@@H](O)[C@H](O)[C@H]5O)c(NC(=O)CCNC(=O)c5ccc(COP(=O)([O-])OCC[N+](C)(C)C)cc5)c4)cc3O[C@@]2(c2ccc(OC)cc2)[C@@H]1c1ccccc1. The van der Waals surface area contributed by atoms with Gasteiger partial charge in [-0.05, 0) is 71.5 Å². The van der Waals surface area contributed by atoms with Gasteiger partial charge in [0.15, 0.2) is 17.3 Å². The van der Waals surface area contributed by atoms with Crippen molar-refractivity contribution in [1.82, 2.24) is 10.6 Å². The van der Waals surface area contributed by atoms with Crippen LogP contribution in [0.15, 0.2) is 109 Å². The number of carboxylic acid groups (broad SMARTS) is 1. The second kappa shape index (κ2) is 28.7. The third kappa shape index (κ3) is 15.2. The van der Waals surface area contributed by atoms with Crippen LogP contribution in [0.3, 0.4) is 0 Å². The number of aliphatic hydroxyl groups excluding tert-OH is 4. The number of phosphoric acid groups is 1. The van der Waals surface area contributed by atoms with E-state index in [-0.39, 0.29) is 85.8 Å². The molecule has 0 bridgehead atoms. The number of esters is 1. The highest BCUT2D eigenvalue weighted by Crippen LogP contribution is 2.70. The van der Waals surface area contributed by atoms with Crippen molar-refractivity contribution in [1.29, 1.82) is 0 Å². The number of aliphatic carboxylic acids is 1. The number of anilines is 1. The minimum Gasteiger partial charge on any atom is -0.756 e. The third-order valence-electron chi connectivity index (χ3n) is 15.3. The Morgan fingerprint density at radius 2 is 1.45 bits per heavy atom. The number of fused-ring (bicyclic) bond motifs is 3. The Labute approximate surface area is 512 Å². The molecule has 3 aliphatic rings.